The molecule has 0 radical (unpaired) electrons. The first-order chi connectivity index (χ1) is 15.5. The van der Waals surface area contributed by atoms with Crippen LogP contribution in [-0.4, -0.2) is 64.9 Å². The molecule has 32 heavy (non-hydrogen) atoms. The molecule has 2 aromatic rings. The third-order valence-electron chi connectivity index (χ3n) is 6.53. The van der Waals surface area contributed by atoms with Crippen molar-refractivity contribution >= 4 is 11.8 Å². The van der Waals surface area contributed by atoms with Crippen molar-refractivity contribution in [1.29, 1.82) is 0 Å². The smallest absolute Gasteiger partial charge is 0.257 e. The maximum atomic E-state index is 12.9. The Balaban J connectivity index is 1.40. The van der Waals surface area contributed by atoms with E-state index in [1.54, 1.807) is 13.3 Å². The molecule has 1 aromatic heterocycles. The number of aryl methyl sites for hydroxylation is 1. The number of ether oxygens (including phenoxy) is 1. The van der Waals surface area contributed by atoms with E-state index in [1.165, 1.54) is 6.42 Å². The Kier molecular flexibility index (Phi) is 7.02. The number of likely N-dealkylation sites (tertiary alicyclic amines) is 2. The number of nitrogens with zero attached hydrogens (tertiary/aromatic N) is 4. The maximum absolute atomic E-state index is 12.9. The summed E-state index contributed by atoms with van der Waals surface area (Å²) in [5.74, 6) is 1.78. The second kappa shape index (κ2) is 10.1. The van der Waals surface area contributed by atoms with Crippen molar-refractivity contribution in [1.82, 2.24) is 19.8 Å². The summed E-state index contributed by atoms with van der Waals surface area (Å²) >= 11 is 0. The zero-order chi connectivity index (χ0) is 22.5. The fraction of sp³-hybridized carbons (Fsp3) is 0.520. The van der Waals surface area contributed by atoms with Crippen LogP contribution in [0.3, 0.4) is 0 Å². The Bertz CT molecular complexity index is 954. The third kappa shape index (κ3) is 5.09. The number of carbonyl (C=O) groups is 2. The summed E-state index contributed by atoms with van der Waals surface area (Å²) in [7, 11) is 1.63. The zero-order valence-corrected chi connectivity index (χ0v) is 19.0. The molecule has 0 spiro atoms. The lowest BCUT2D eigenvalue weighted by atomic mass is 9.96. The summed E-state index contributed by atoms with van der Waals surface area (Å²) in [6.07, 6.45) is 7.25. The molecule has 2 aliphatic rings. The minimum atomic E-state index is 0.0358. The minimum Gasteiger partial charge on any atom is -0.497 e. The van der Waals surface area contributed by atoms with E-state index in [4.69, 9.17) is 9.72 Å². The molecule has 0 saturated carbocycles. The van der Waals surface area contributed by atoms with E-state index in [0.717, 1.165) is 68.1 Å². The lowest BCUT2D eigenvalue weighted by molar-refractivity contribution is -0.131. The van der Waals surface area contributed by atoms with Crippen LogP contribution in [0.5, 0.6) is 5.75 Å². The molecule has 0 aliphatic carbocycles. The first-order valence-corrected chi connectivity index (χ1v) is 11.6. The largest absolute Gasteiger partial charge is 0.497 e. The van der Waals surface area contributed by atoms with Gasteiger partial charge in [-0.2, -0.15) is 0 Å². The van der Waals surface area contributed by atoms with E-state index < -0.39 is 0 Å². The number of carbonyl (C=O) groups excluding carboxylic acids is 2. The molecule has 0 N–H and O–H groups in total. The molecule has 0 unspecified atom stereocenters. The standard InChI is InChI=1S/C25H32N4O3/c1-18-22(25(31)28-12-4-3-5-13-28)16-26-24(27-18)20-7-6-14-29(17-20)23(30)15-19-8-10-21(32-2)11-9-19/h8-11,16,20H,3-7,12-15,17H2,1-2H3/t20-/m0/s1. The summed E-state index contributed by atoms with van der Waals surface area (Å²) in [6.45, 7) is 4.89. The van der Waals surface area contributed by atoms with Gasteiger partial charge in [-0.15, -0.1) is 0 Å². The van der Waals surface area contributed by atoms with Crippen molar-refractivity contribution in [2.24, 2.45) is 0 Å². The van der Waals surface area contributed by atoms with Crippen LogP contribution in [-0.2, 0) is 11.2 Å². The van der Waals surface area contributed by atoms with Gasteiger partial charge >= 0.3 is 0 Å². The highest BCUT2D eigenvalue weighted by Gasteiger charge is 2.28. The summed E-state index contributed by atoms with van der Waals surface area (Å²) in [5.41, 5.74) is 2.30. The van der Waals surface area contributed by atoms with Crippen LogP contribution in [0.15, 0.2) is 30.5 Å². The highest BCUT2D eigenvalue weighted by atomic mass is 16.5. The molecule has 7 nitrogen and oxygen atoms in total. The van der Waals surface area contributed by atoms with Crippen molar-refractivity contribution in [2.45, 2.75) is 51.4 Å². The molecular weight excluding hydrogens is 404 g/mol. The number of aromatic nitrogens is 2. The SMILES string of the molecule is COc1ccc(CC(=O)N2CCC[C@H](c3ncc(C(=O)N4CCCCC4)c(C)n3)C2)cc1. The van der Waals surface area contributed by atoms with E-state index >= 15 is 0 Å². The van der Waals surface area contributed by atoms with Gasteiger partial charge < -0.3 is 14.5 Å². The Morgan fingerprint density at radius 2 is 1.75 bits per heavy atom. The van der Waals surface area contributed by atoms with Crippen LogP contribution in [0.1, 0.15) is 65.5 Å². The normalized spacial score (nSPS) is 19.0. The van der Waals surface area contributed by atoms with Crippen molar-refractivity contribution in [3.63, 3.8) is 0 Å². The monoisotopic (exact) mass is 436 g/mol. The lowest BCUT2D eigenvalue weighted by Gasteiger charge is -2.32. The fourth-order valence-corrected chi connectivity index (χ4v) is 4.60. The van der Waals surface area contributed by atoms with Gasteiger partial charge in [0, 0.05) is 38.3 Å². The summed E-state index contributed by atoms with van der Waals surface area (Å²) < 4.78 is 5.19. The number of methoxy groups -OCH3 is 1. The van der Waals surface area contributed by atoms with Gasteiger partial charge in [-0.3, -0.25) is 9.59 Å². The second-order valence-corrected chi connectivity index (χ2v) is 8.78. The zero-order valence-electron chi connectivity index (χ0n) is 19.0. The van der Waals surface area contributed by atoms with Crippen LogP contribution >= 0.6 is 0 Å². The summed E-state index contributed by atoms with van der Waals surface area (Å²) in [6, 6.07) is 7.63. The number of rotatable bonds is 5. The van der Waals surface area contributed by atoms with Crippen molar-refractivity contribution in [2.75, 3.05) is 33.3 Å². The van der Waals surface area contributed by atoms with Crippen molar-refractivity contribution in [3.8, 4) is 5.75 Å². The number of hydrogen-bond acceptors (Lipinski definition) is 5. The minimum absolute atomic E-state index is 0.0358. The fourth-order valence-electron chi connectivity index (χ4n) is 4.60. The Morgan fingerprint density at radius 1 is 1.03 bits per heavy atom. The molecule has 1 atom stereocenters. The van der Waals surface area contributed by atoms with Crippen LogP contribution in [0.25, 0.3) is 0 Å². The van der Waals surface area contributed by atoms with Gasteiger partial charge in [0.1, 0.15) is 11.6 Å². The topological polar surface area (TPSA) is 75.6 Å². The Hall–Kier alpha value is -2.96. The van der Waals surface area contributed by atoms with Gasteiger partial charge in [-0.05, 0) is 56.7 Å². The van der Waals surface area contributed by atoms with Gasteiger partial charge in [0.05, 0.1) is 24.8 Å². The number of piperidine rings is 2. The first-order valence-electron chi connectivity index (χ1n) is 11.6. The molecule has 170 valence electrons. The van der Waals surface area contributed by atoms with Gasteiger partial charge in [-0.25, -0.2) is 9.97 Å². The second-order valence-electron chi connectivity index (χ2n) is 8.78. The highest BCUT2D eigenvalue weighted by molar-refractivity contribution is 5.95. The summed E-state index contributed by atoms with van der Waals surface area (Å²) in [5, 5.41) is 0. The van der Waals surface area contributed by atoms with Crippen LogP contribution in [0.4, 0.5) is 0 Å². The summed E-state index contributed by atoms with van der Waals surface area (Å²) in [4.78, 5) is 38.8. The van der Waals surface area contributed by atoms with Gasteiger partial charge in [-0.1, -0.05) is 12.1 Å². The van der Waals surface area contributed by atoms with Crippen molar-refractivity contribution < 1.29 is 14.3 Å². The highest BCUT2D eigenvalue weighted by Crippen LogP contribution is 2.26. The number of hydrogen-bond donors (Lipinski definition) is 0. The number of amides is 2. The molecule has 2 fully saturated rings. The third-order valence-corrected chi connectivity index (χ3v) is 6.53. The Labute approximate surface area is 189 Å². The van der Waals surface area contributed by atoms with Crippen LogP contribution in [0, 0.1) is 6.92 Å². The van der Waals surface area contributed by atoms with Crippen molar-refractivity contribution in [3.05, 3.63) is 53.1 Å². The van der Waals surface area contributed by atoms with Crippen LogP contribution in [0.2, 0.25) is 0 Å². The van der Waals surface area contributed by atoms with Crippen LogP contribution < -0.4 is 4.74 Å². The molecular formula is C25H32N4O3. The molecule has 2 amide bonds. The van der Waals surface area contributed by atoms with E-state index in [0.29, 0.717) is 18.5 Å². The molecule has 3 heterocycles. The molecule has 2 saturated heterocycles. The average Bonchev–Trinajstić information content (AvgIpc) is 2.84. The van der Waals surface area contributed by atoms with Gasteiger partial charge in [0.15, 0.2) is 0 Å². The average molecular weight is 437 g/mol. The van der Waals surface area contributed by atoms with Gasteiger partial charge in [0.2, 0.25) is 5.91 Å². The molecule has 4 rings (SSSR count). The molecule has 0 bridgehead atoms. The molecule has 1 aromatic carbocycles. The Morgan fingerprint density at radius 3 is 2.44 bits per heavy atom. The first kappa shape index (κ1) is 22.2. The van der Waals surface area contributed by atoms with E-state index in [9.17, 15) is 9.59 Å². The predicted octanol–water partition coefficient (Wildman–Crippen LogP) is 3.37. The van der Waals surface area contributed by atoms with E-state index in [1.807, 2.05) is 41.0 Å². The predicted molar refractivity (Wildman–Crippen MR) is 122 cm³/mol. The quantitative estimate of drug-likeness (QED) is 0.718. The lowest BCUT2D eigenvalue weighted by Crippen LogP contribution is -2.40. The van der Waals surface area contributed by atoms with E-state index in [2.05, 4.69) is 4.98 Å². The van der Waals surface area contributed by atoms with Gasteiger partial charge in [0.25, 0.3) is 5.91 Å². The number of benzene rings is 1. The van der Waals surface area contributed by atoms with E-state index in [-0.39, 0.29) is 17.7 Å². The molecule has 2 aliphatic heterocycles. The molecule has 7 heteroatoms. The maximum Gasteiger partial charge on any atom is 0.257 e.